The molecule has 0 saturated carbocycles. The van der Waals surface area contributed by atoms with Gasteiger partial charge in [0.2, 0.25) is 0 Å². The molecule has 0 aliphatic carbocycles. The van der Waals surface area contributed by atoms with E-state index < -0.39 is 18.2 Å². The maximum atomic E-state index is 11.1. The number of methoxy groups -OCH3 is 2. The molecule has 0 bridgehead atoms. The van der Waals surface area contributed by atoms with Crippen LogP contribution in [0.4, 0.5) is 0 Å². The zero-order valence-electron chi connectivity index (χ0n) is 10.7. The predicted molar refractivity (Wildman–Crippen MR) is 65.3 cm³/mol. The number of aliphatic hydroxyl groups excluding tert-OH is 2. The van der Waals surface area contributed by atoms with Gasteiger partial charge in [0.15, 0.2) is 0 Å². The normalized spacial score (nSPS) is 13.2. The molecule has 0 aliphatic rings. The molecular formula is C13H15NO5. The third-order valence-electron chi connectivity index (χ3n) is 2.68. The van der Waals surface area contributed by atoms with Crippen LogP contribution >= 0.6 is 0 Å². The lowest BCUT2D eigenvalue weighted by Gasteiger charge is -2.19. The standard InChI is InChI=1S/C13H15NO5/c1-18-11-5-3-4-8(9(11)7-14)13(17)10(15)6-12(16)19-2/h3-5,10,13,15,17H,6H2,1-2H3. The second kappa shape index (κ2) is 6.73. The maximum absolute atomic E-state index is 11.1. The van der Waals surface area contributed by atoms with E-state index in [1.54, 1.807) is 12.1 Å². The quantitative estimate of drug-likeness (QED) is 0.753. The first-order chi connectivity index (χ1) is 9.04. The molecule has 0 spiro atoms. The van der Waals surface area contributed by atoms with E-state index >= 15 is 0 Å². The van der Waals surface area contributed by atoms with Crippen molar-refractivity contribution in [3.05, 3.63) is 29.3 Å². The molecule has 2 atom stereocenters. The Morgan fingerprint density at radius 3 is 2.63 bits per heavy atom. The van der Waals surface area contributed by atoms with Crippen molar-refractivity contribution < 1.29 is 24.5 Å². The highest BCUT2D eigenvalue weighted by Gasteiger charge is 2.25. The van der Waals surface area contributed by atoms with E-state index in [1.165, 1.54) is 20.3 Å². The van der Waals surface area contributed by atoms with Gasteiger partial charge in [0.25, 0.3) is 0 Å². The first-order valence-corrected chi connectivity index (χ1v) is 5.55. The molecule has 0 fully saturated rings. The lowest BCUT2D eigenvalue weighted by atomic mass is 9.97. The minimum atomic E-state index is -1.37. The molecule has 0 aromatic heterocycles. The number of ether oxygens (including phenoxy) is 2. The van der Waals surface area contributed by atoms with Crippen LogP contribution in [-0.4, -0.2) is 36.5 Å². The minimum Gasteiger partial charge on any atom is -0.495 e. The topological polar surface area (TPSA) is 99.8 Å². The Labute approximate surface area is 110 Å². The van der Waals surface area contributed by atoms with E-state index in [2.05, 4.69) is 4.74 Å². The molecule has 102 valence electrons. The second-order valence-electron chi connectivity index (χ2n) is 3.83. The van der Waals surface area contributed by atoms with Gasteiger partial charge in [0.05, 0.1) is 32.3 Å². The Balaban J connectivity index is 3.03. The number of nitrogens with zero attached hydrogens (tertiary/aromatic N) is 1. The van der Waals surface area contributed by atoms with Gasteiger partial charge in [-0.25, -0.2) is 0 Å². The Morgan fingerprint density at radius 2 is 2.11 bits per heavy atom. The Morgan fingerprint density at radius 1 is 1.42 bits per heavy atom. The molecule has 6 nitrogen and oxygen atoms in total. The predicted octanol–water partition coefficient (Wildman–Crippen LogP) is 0.524. The van der Waals surface area contributed by atoms with Gasteiger partial charge >= 0.3 is 5.97 Å². The smallest absolute Gasteiger partial charge is 0.308 e. The molecule has 1 rings (SSSR count). The van der Waals surface area contributed by atoms with Crippen LogP contribution in [0.3, 0.4) is 0 Å². The van der Waals surface area contributed by atoms with Crippen molar-refractivity contribution in [2.75, 3.05) is 14.2 Å². The van der Waals surface area contributed by atoms with Crippen LogP contribution in [0.1, 0.15) is 23.7 Å². The van der Waals surface area contributed by atoms with Crippen LogP contribution in [0.2, 0.25) is 0 Å². The van der Waals surface area contributed by atoms with Crippen LogP contribution < -0.4 is 4.74 Å². The number of aliphatic hydroxyl groups is 2. The van der Waals surface area contributed by atoms with E-state index in [0.29, 0.717) is 5.75 Å². The van der Waals surface area contributed by atoms with Gasteiger partial charge in [-0.3, -0.25) is 4.79 Å². The van der Waals surface area contributed by atoms with E-state index in [1.807, 2.05) is 6.07 Å². The van der Waals surface area contributed by atoms with Crippen LogP contribution in [0, 0.1) is 11.3 Å². The first kappa shape index (κ1) is 15.0. The van der Waals surface area contributed by atoms with Gasteiger partial charge in [-0.2, -0.15) is 5.26 Å². The van der Waals surface area contributed by atoms with E-state index in [-0.39, 0.29) is 17.5 Å². The Kier molecular flexibility index (Phi) is 5.30. The summed E-state index contributed by atoms with van der Waals surface area (Å²) in [6.45, 7) is 0. The van der Waals surface area contributed by atoms with Crippen molar-refractivity contribution in [3.8, 4) is 11.8 Å². The molecule has 1 aromatic rings. The molecule has 0 radical (unpaired) electrons. The zero-order chi connectivity index (χ0) is 14.4. The van der Waals surface area contributed by atoms with Crippen molar-refractivity contribution in [3.63, 3.8) is 0 Å². The Bertz CT molecular complexity index is 494. The summed E-state index contributed by atoms with van der Waals surface area (Å²) in [4.78, 5) is 11.1. The fourth-order valence-electron chi connectivity index (χ4n) is 1.66. The average molecular weight is 265 g/mol. The van der Waals surface area contributed by atoms with Gasteiger partial charge in [0.1, 0.15) is 17.9 Å². The number of hydrogen-bond donors (Lipinski definition) is 2. The van der Waals surface area contributed by atoms with Crippen molar-refractivity contribution >= 4 is 5.97 Å². The van der Waals surface area contributed by atoms with Crippen LogP contribution in [0.5, 0.6) is 5.75 Å². The molecule has 2 unspecified atom stereocenters. The lowest BCUT2D eigenvalue weighted by molar-refractivity contribution is -0.144. The van der Waals surface area contributed by atoms with Gasteiger partial charge in [-0.1, -0.05) is 12.1 Å². The monoisotopic (exact) mass is 265 g/mol. The number of esters is 1. The molecule has 0 amide bonds. The highest BCUT2D eigenvalue weighted by molar-refractivity contribution is 5.70. The van der Waals surface area contributed by atoms with Gasteiger partial charge in [-0.05, 0) is 6.07 Å². The van der Waals surface area contributed by atoms with Crippen molar-refractivity contribution in [1.82, 2.24) is 0 Å². The average Bonchev–Trinajstić information content (AvgIpc) is 2.44. The number of hydrogen-bond acceptors (Lipinski definition) is 6. The summed E-state index contributed by atoms with van der Waals surface area (Å²) in [5, 5.41) is 28.8. The van der Waals surface area contributed by atoms with E-state index in [4.69, 9.17) is 10.00 Å². The van der Waals surface area contributed by atoms with E-state index in [9.17, 15) is 15.0 Å². The molecule has 2 N–H and O–H groups in total. The Hall–Kier alpha value is -2.10. The third-order valence-corrected chi connectivity index (χ3v) is 2.68. The van der Waals surface area contributed by atoms with Crippen molar-refractivity contribution in [2.24, 2.45) is 0 Å². The third kappa shape index (κ3) is 3.44. The SMILES string of the molecule is COC(=O)CC(O)C(O)c1cccc(OC)c1C#N. The molecule has 19 heavy (non-hydrogen) atoms. The van der Waals surface area contributed by atoms with Crippen LogP contribution in [-0.2, 0) is 9.53 Å². The molecule has 1 aromatic carbocycles. The van der Waals surface area contributed by atoms with Gasteiger partial charge in [0, 0.05) is 5.56 Å². The zero-order valence-corrected chi connectivity index (χ0v) is 10.7. The summed E-state index contributed by atoms with van der Waals surface area (Å²) in [6.07, 6.45) is -3.09. The van der Waals surface area contributed by atoms with E-state index in [0.717, 1.165) is 0 Å². The summed E-state index contributed by atoms with van der Waals surface area (Å²) in [5.74, 6) is -0.350. The maximum Gasteiger partial charge on any atom is 0.308 e. The highest BCUT2D eigenvalue weighted by atomic mass is 16.5. The molecule has 6 heteroatoms. The summed E-state index contributed by atoms with van der Waals surface area (Å²) >= 11 is 0. The number of carbonyl (C=O) groups excluding carboxylic acids is 1. The number of benzene rings is 1. The summed E-state index contributed by atoms with van der Waals surface area (Å²) in [5.41, 5.74) is 0.333. The number of carbonyl (C=O) groups is 1. The summed E-state index contributed by atoms with van der Waals surface area (Å²) in [6, 6.07) is 6.56. The minimum absolute atomic E-state index is 0.126. The first-order valence-electron chi connectivity index (χ1n) is 5.55. The van der Waals surface area contributed by atoms with Crippen molar-refractivity contribution in [1.29, 1.82) is 5.26 Å². The van der Waals surface area contributed by atoms with Gasteiger partial charge in [-0.15, -0.1) is 0 Å². The fourth-order valence-corrected chi connectivity index (χ4v) is 1.66. The van der Waals surface area contributed by atoms with Crippen LogP contribution in [0.15, 0.2) is 18.2 Å². The summed E-state index contributed by atoms with van der Waals surface area (Å²) in [7, 11) is 2.59. The van der Waals surface area contributed by atoms with Crippen molar-refractivity contribution in [2.45, 2.75) is 18.6 Å². The second-order valence-corrected chi connectivity index (χ2v) is 3.83. The molecular weight excluding hydrogens is 250 g/mol. The number of rotatable bonds is 5. The molecule has 0 saturated heterocycles. The van der Waals surface area contributed by atoms with Crippen LogP contribution in [0.25, 0.3) is 0 Å². The van der Waals surface area contributed by atoms with Gasteiger partial charge < -0.3 is 19.7 Å². The summed E-state index contributed by atoms with van der Waals surface area (Å²) < 4.78 is 9.41. The largest absolute Gasteiger partial charge is 0.495 e. The fraction of sp³-hybridized carbons (Fsp3) is 0.385. The molecule has 0 aliphatic heterocycles. The highest BCUT2D eigenvalue weighted by Crippen LogP contribution is 2.28. The molecule has 0 heterocycles. The lowest BCUT2D eigenvalue weighted by Crippen LogP contribution is -2.23. The number of nitriles is 1.